The fraction of sp³-hybridized carbons (Fsp3) is 0.562. The van der Waals surface area contributed by atoms with E-state index in [-0.39, 0.29) is 36.2 Å². The summed E-state index contributed by atoms with van der Waals surface area (Å²) in [7, 11) is 6.66. The summed E-state index contributed by atoms with van der Waals surface area (Å²) in [6, 6.07) is 0.513. The van der Waals surface area contributed by atoms with Crippen molar-refractivity contribution in [2.45, 2.75) is 43.7 Å². The zero-order valence-corrected chi connectivity index (χ0v) is 26.7. The van der Waals surface area contributed by atoms with E-state index in [4.69, 9.17) is 5.73 Å². The molecule has 2 amide bonds. The number of phenols is 1. The highest BCUT2D eigenvalue weighted by molar-refractivity contribution is 6.25. The third-order valence-corrected chi connectivity index (χ3v) is 9.79. The Morgan fingerprint density at radius 2 is 1.76 bits per heavy atom. The molecule has 0 spiro atoms. The highest BCUT2D eigenvalue weighted by Gasteiger charge is 2.63. The van der Waals surface area contributed by atoms with Crippen LogP contribution < -0.4 is 21.3 Å². The highest BCUT2D eigenvalue weighted by atomic mass is 16.3. The first-order valence-corrected chi connectivity index (χ1v) is 15.6. The average Bonchev–Trinajstić information content (AvgIpc) is 2.98. The van der Waals surface area contributed by atoms with Gasteiger partial charge in [0.05, 0.1) is 23.8 Å². The van der Waals surface area contributed by atoms with Gasteiger partial charge in [0.15, 0.2) is 17.1 Å². The van der Waals surface area contributed by atoms with Gasteiger partial charge in [-0.1, -0.05) is 6.42 Å². The van der Waals surface area contributed by atoms with Crippen molar-refractivity contribution in [3.05, 3.63) is 39.9 Å². The zero-order valence-electron chi connectivity index (χ0n) is 26.7. The number of rotatable bonds is 9. The number of likely N-dealkylation sites (N-methyl/N-ethyl adjacent to an activating group) is 1. The number of Topliss-reactive ketones (excluding diaryl/α,β-unsaturated/α-hetero) is 2. The molecule has 0 aromatic heterocycles. The molecule has 14 nitrogen and oxygen atoms in total. The number of hydrogen-bond acceptors (Lipinski definition) is 12. The monoisotopic (exact) mass is 640 g/mol. The van der Waals surface area contributed by atoms with Crippen molar-refractivity contribution < 1.29 is 39.6 Å². The van der Waals surface area contributed by atoms with Gasteiger partial charge in [0.25, 0.3) is 5.91 Å². The maximum atomic E-state index is 14.2. The molecule has 250 valence electrons. The molecule has 0 saturated carbocycles. The van der Waals surface area contributed by atoms with E-state index in [1.165, 1.54) is 24.2 Å². The molecule has 8 N–H and O–H groups in total. The number of hydrogen-bond donors (Lipinski definition) is 7. The fourth-order valence-corrected chi connectivity index (χ4v) is 7.61. The normalized spacial score (nSPS) is 26.5. The van der Waals surface area contributed by atoms with Gasteiger partial charge in [-0.15, -0.1) is 0 Å². The lowest BCUT2D eigenvalue weighted by Gasteiger charge is -2.50. The van der Waals surface area contributed by atoms with Crippen LogP contribution in [0, 0.1) is 11.8 Å². The summed E-state index contributed by atoms with van der Waals surface area (Å²) in [5.41, 5.74) is 2.41. The second-order valence-electron chi connectivity index (χ2n) is 13.1. The van der Waals surface area contributed by atoms with Crippen molar-refractivity contribution >= 4 is 34.8 Å². The Balaban J connectivity index is 1.48. The molecule has 46 heavy (non-hydrogen) atoms. The maximum Gasteiger partial charge on any atom is 0.255 e. The number of anilines is 2. The summed E-state index contributed by atoms with van der Waals surface area (Å²) in [6.45, 7) is 3.49. The van der Waals surface area contributed by atoms with Gasteiger partial charge in [0.1, 0.15) is 17.1 Å². The molecule has 1 aromatic rings. The van der Waals surface area contributed by atoms with E-state index in [0.717, 1.165) is 19.6 Å². The predicted molar refractivity (Wildman–Crippen MR) is 170 cm³/mol. The topological polar surface area (TPSA) is 209 Å². The Hall–Kier alpha value is -3.98. The number of allylic oxidation sites excluding steroid dienone is 1. The molecule has 4 atom stereocenters. The number of aliphatic hydroxyl groups is 3. The molecule has 1 saturated heterocycles. The SMILES string of the molecule is CN(C)c1cc(NC(=O)CNCCN2CCCCC2)c(O)c2c1CC1CC3[C@H](N(C)C)C(O)=C(C(N)=O)C(=O)[C@@]3(O)C(O)=C1C2=O. The molecule has 2 unspecified atom stereocenters. The molecule has 14 heteroatoms. The zero-order chi connectivity index (χ0) is 33.7. The number of carbonyl (C=O) groups is 4. The molecule has 0 bridgehead atoms. The van der Waals surface area contributed by atoms with Gasteiger partial charge < -0.3 is 46.6 Å². The number of benzene rings is 1. The molecule has 4 aliphatic rings. The van der Waals surface area contributed by atoms with Crippen molar-refractivity contribution in [3.8, 4) is 5.75 Å². The number of fused-ring (bicyclic) bond motifs is 3. The Morgan fingerprint density at radius 3 is 2.37 bits per heavy atom. The van der Waals surface area contributed by atoms with Gasteiger partial charge >= 0.3 is 0 Å². The predicted octanol–water partition coefficient (Wildman–Crippen LogP) is 0.201. The van der Waals surface area contributed by atoms with E-state index < -0.39 is 69.7 Å². The summed E-state index contributed by atoms with van der Waals surface area (Å²) in [5.74, 6) is -7.70. The van der Waals surface area contributed by atoms with E-state index in [1.807, 2.05) is 0 Å². The van der Waals surface area contributed by atoms with Crippen LogP contribution in [0.4, 0.5) is 11.4 Å². The van der Waals surface area contributed by atoms with Crippen LogP contribution in [0.1, 0.15) is 41.6 Å². The van der Waals surface area contributed by atoms with Crippen LogP contribution in [0.15, 0.2) is 28.7 Å². The quantitative estimate of drug-likeness (QED) is 0.110. The number of amides is 2. The molecule has 1 aliphatic heterocycles. The number of nitrogens with two attached hydrogens (primary N) is 1. The largest absolute Gasteiger partial charge is 0.510 e. The molecule has 1 fully saturated rings. The number of aliphatic hydroxyl groups excluding tert-OH is 2. The Bertz CT molecular complexity index is 1530. The van der Waals surface area contributed by atoms with Crippen molar-refractivity contribution in [3.63, 3.8) is 0 Å². The van der Waals surface area contributed by atoms with Crippen LogP contribution in [-0.4, -0.2) is 126 Å². The Labute approximate surface area is 267 Å². The minimum atomic E-state index is -2.73. The maximum absolute atomic E-state index is 14.2. The van der Waals surface area contributed by atoms with E-state index in [2.05, 4.69) is 15.5 Å². The minimum absolute atomic E-state index is 0.00477. The number of phenolic OH excluding ortho intramolecular Hbond substituents is 1. The number of nitrogens with zero attached hydrogens (tertiary/aromatic N) is 3. The van der Waals surface area contributed by atoms with Crippen LogP contribution in [0.5, 0.6) is 5.75 Å². The molecular weight excluding hydrogens is 596 g/mol. The van der Waals surface area contributed by atoms with E-state index >= 15 is 0 Å². The number of ketones is 2. The molecule has 5 rings (SSSR count). The van der Waals surface area contributed by atoms with E-state index in [9.17, 15) is 39.6 Å². The average molecular weight is 641 g/mol. The number of piperidine rings is 1. The fourth-order valence-electron chi connectivity index (χ4n) is 7.61. The smallest absolute Gasteiger partial charge is 0.255 e. The van der Waals surface area contributed by atoms with Crippen LogP contribution >= 0.6 is 0 Å². The van der Waals surface area contributed by atoms with Gasteiger partial charge in [-0.3, -0.25) is 24.1 Å². The molecule has 0 radical (unpaired) electrons. The number of nitrogens with one attached hydrogen (secondary N) is 2. The van der Waals surface area contributed by atoms with Crippen molar-refractivity contribution in [1.82, 2.24) is 15.1 Å². The molecule has 1 aromatic carbocycles. The standard InChI is InChI=1S/C32H44N6O8/c1-36(2)20-14-19(35-21(39)15-34-8-11-38-9-6-5-7-10-38)26(40)23-17(20)12-16-13-18-25(37(3)4)28(42)24(31(33)45)30(44)32(18,46)29(43)22(16)27(23)41/h14,16,18,25,34,40,42-43,46H,5-13,15H2,1-4H3,(H2,33,45)(H,35,39)/t16?,18?,25-,32-/m0/s1. The van der Waals surface area contributed by atoms with Crippen molar-refractivity contribution in [2.24, 2.45) is 17.6 Å². The number of primary amides is 1. The molecule has 1 heterocycles. The van der Waals surface area contributed by atoms with Gasteiger partial charge in [-0.05, 0) is 70.4 Å². The summed E-state index contributed by atoms with van der Waals surface area (Å²) < 4.78 is 0. The lowest BCUT2D eigenvalue weighted by atomic mass is 9.58. The molecule has 3 aliphatic carbocycles. The third kappa shape index (κ3) is 5.52. The van der Waals surface area contributed by atoms with Crippen LogP contribution in [-0.2, 0) is 20.8 Å². The first-order chi connectivity index (χ1) is 21.7. The lowest BCUT2D eigenvalue weighted by molar-refractivity contribution is -0.148. The van der Waals surface area contributed by atoms with Gasteiger partial charge in [0.2, 0.25) is 11.7 Å². The van der Waals surface area contributed by atoms with Crippen molar-refractivity contribution in [1.29, 1.82) is 0 Å². The van der Waals surface area contributed by atoms with Crippen LogP contribution in [0.2, 0.25) is 0 Å². The minimum Gasteiger partial charge on any atom is -0.510 e. The lowest BCUT2D eigenvalue weighted by Crippen LogP contribution is -2.63. The van der Waals surface area contributed by atoms with E-state index in [1.54, 1.807) is 39.2 Å². The number of aromatic hydroxyl groups is 1. The molecular formula is C32H44N6O8. The van der Waals surface area contributed by atoms with Gasteiger partial charge in [-0.2, -0.15) is 0 Å². The summed E-state index contributed by atoms with van der Waals surface area (Å²) in [6.07, 6.45) is 3.70. The second-order valence-corrected chi connectivity index (χ2v) is 13.1. The summed E-state index contributed by atoms with van der Waals surface area (Å²) in [4.78, 5) is 58.4. The Morgan fingerprint density at radius 1 is 1.09 bits per heavy atom. The van der Waals surface area contributed by atoms with E-state index in [0.29, 0.717) is 17.8 Å². The van der Waals surface area contributed by atoms with Crippen LogP contribution in [0.25, 0.3) is 0 Å². The first-order valence-electron chi connectivity index (χ1n) is 15.6. The Kier molecular flexibility index (Phi) is 9.19. The van der Waals surface area contributed by atoms with Crippen molar-refractivity contribution in [2.75, 3.05) is 71.1 Å². The summed E-state index contributed by atoms with van der Waals surface area (Å²) in [5, 5.41) is 51.5. The van der Waals surface area contributed by atoms with Crippen LogP contribution in [0.3, 0.4) is 0 Å². The summed E-state index contributed by atoms with van der Waals surface area (Å²) >= 11 is 0. The second kappa shape index (κ2) is 12.7. The third-order valence-electron chi connectivity index (χ3n) is 9.79. The highest BCUT2D eigenvalue weighted by Crippen LogP contribution is 2.53. The number of carbonyl (C=O) groups excluding carboxylic acids is 4. The van der Waals surface area contributed by atoms with Gasteiger partial charge in [0, 0.05) is 44.4 Å². The number of likely N-dealkylation sites (tertiary alicyclic amines) is 1. The first kappa shape index (κ1) is 33.4. The van der Waals surface area contributed by atoms with Gasteiger partial charge in [-0.25, -0.2) is 0 Å².